The molecule has 1 fully saturated rings. The first kappa shape index (κ1) is 25.3. The van der Waals surface area contributed by atoms with Crippen molar-refractivity contribution in [2.75, 3.05) is 24.8 Å². The number of pyridine rings is 3. The number of aromatic nitrogens is 3. The minimum Gasteiger partial charge on any atom is -0.481 e. The molecule has 0 unspecified atom stereocenters. The molecular weight excluding hydrogens is 505 g/mol. The van der Waals surface area contributed by atoms with Crippen molar-refractivity contribution in [2.24, 2.45) is 0 Å². The van der Waals surface area contributed by atoms with Crippen LogP contribution in [0.25, 0.3) is 11.0 Å². The molecular formula is C24H24FN5O6S. The molecule has 2 aliphatic heterocycles. The van der Waals surface area contributed by atoms with Crippen molar-refractivity contribution in [1.82, 2.24) is 20.3 Å². The molecule has 0 radical (unpaired) electrons. The number of halogens is 1. The van der Waals surface area contributed by atoms with Crippen molar-refractivity contribution < 1.29 is 33.7 Å². The highest BCUT2D eigenvalue weighted by Crippen LogP contribution is 2.32. The monoisotopic (exact) mass is 529 g/mol. The SMILES string of the molecule is COc1ccc2ncc(F)c([C@@H](O)[C@H](O)[C@@H]3CC[C@@H](NC(=O)c4ccc5c(n4)NC(=O)CS5)CO3)c2n1. The summed E-state index contributed by atoms with van der Waals surface area (Å²) < 4.78 is 25.5. The summed E-state index contributed by atoms with van der Waals surface area (Å²) in [5.74, 6) is -0.544. The van der Waals surface area contributed by atoms with Crippen LogP contribution < -0.4 is 15.4 Å². The molecule has 2 amide bonds. The van der Waals surface area contributed by atoms with Crippen molar-refractivity contribution in [3.63, 3.8) is 0 Å². The summed E-state index contributed by atoms with van der Waals surface area (Å²) in [5, 5.41) is 27.2. The van der Waals surface area contributed by atoms with Gasteiger partial charge in [0.05, 0.1) is 48.2 Å². The minimum atomic E-state index is -1.63. The molecule has 0 aromatic carbocycles. The quantitative estimate of drug-likeness (QED) is 0.370. The van der Waals surface area contributed by atoms with Crippen molar-refractivity contribution in [3.8, 4) is 5.88 Å². The molecule has 3 aromatic heterocycles. The minimum absolute atomic E-state index is 0.0728. The van der Waals surface area contributed by atoms with Crippen LogP contribution in [0.5, 0.6) is 5.88 Å². The van der Waals surface area contributed by atoms with Gasteiger partial charge in [-0.05, 0) is 31.0 Å². The Hall–Kier alpha value is -3.39. The van der Waals surface area contributed by atoms with E-state index in [9.17, 15) is 24.2 Å². The molecule has 0 bridgehead atoms. The van der Waals surface area contributed by atoms with Gasteiger partial charge in [-0.2, -0.15) is 0 Å². The highest BCUT2D eigenvalue weighted by molar-refractivity contribution is 8.00. The van der Waals surface area contributed by atoms with Gasteiger partial charge in [-0.25, -0.2) is 14.4 Å². The predicted molar refractivity (Wildman–Crippen MR) is 131 cm³/mol. The maximum absolute atomic E-state index is 14.7. The number of anilines is 1. The number of ether oxygens (including phenoxy) is 2. The summed E-state index contributed by atoms with van der Waals surface area (Å²) >= 11 is 1.35. The number of hydrogen-bond acceptors (Lipinski definition) is 10. The Balaban J connectivity index is 1.23. The highest BCUT2D eigenvalue weighted by atomic mass is 32.2. The maximum atomic E-state index is 14.7. The van der Waals surface area contributed by atoms with Crippen LogP contribution in [0, 0.1) is 5.82 Å². The van der Waals surface area contributed by atoms with Crippen molar-refractivity contribution in [1.29, 1.82) is 0 Å². The van der Waals surface area contributed by atoms with Gasteiger partial charge in [-0.1, -0.05) is 0 Å². The fourth-order valence-corrected chi connectivity index (χ4v) is 5.08. The third-order valence-corrected chi connectivity index (χ3v) is 7.29. The molecule has 11 nitrogen and oxygen atoms in total. The Morgan fingerprint density at radius 3 is 2.86 bits per heavy atom. The number of rotatable bonds is 6. The lowest BCUT2D eigenvalue weighted by Crippen LogP contribution is -2.47. The summed E-state index contributed by atoms with van der Waals surface area (Å²) in [6, 6.07) is 6.10. The summed E-state index contributed by atoms with van der Waals surface area (Å²) in [6.45, 7) is 0.0728. The van der Waals surface area contributed by atoms with E-state index in [1.165, 1.54) is 18.9 Å². The lowest BCUT2D eigenvalue weighted by Gasteiger charge is -2.34. The van der Waals surface area contributed by atoms with Crippen LogP contribution >= 0.6 is 11.8 Å². The van der Waals surface area contributed by atoms with Crippen LogP contribution in [-0.2, 0) is 9.53 Å². The van der Waals surface area contributed by atoms with Gasteiger partial charge in [0.15, 0.2) is 0 Å². The van der Waals surface area contributed by atoms with Crippen LogP contribution in [0.15, 0.2) is 35.4 Å². The lowest BCUT2D eigenvalue weighted by molar-refractivity contribution is -0.113. The first-order chi connectivity index (χ1) is 17.8. The zero-order chi connectivity index (χ0) is 26.1. The Labute approximate surface area is 214 Å². The van der Waals surface area contributed by atoms with Gasteiger partial charge in [-0.3, -0.25) is 14.6 Å². The Bertz CT molecular complexity index is 1350. The highest BCUT2D eigenvalue weighted by Gasteiger charge is 2.35. The third-order valence-electron chi connectivity index (χ3n) is 6.24. The average Bonchev–Trinajstić information content (AvgIpc) is 2.91. The number of aliphatic hydroxyl groups excluding tert-OH is 2. The average molecular weight is 530 g/mol. The van der Waals surface area contributed by atoms with E-state index >= 15 is 0 Å². The maximum Gasteiger partial charge on any atom is 0.270 e. The lowest BCUT2D eigenvalue weighted by atomic mass is 9.94. The molecule has 3 aromatic rings. The number of thioether (sulfide) groups is 1. The number of aliphatic hydroxyl groups is 2. The Morgan fingerprint density at radius 2 is 2.11 bits per heavy atom. The molecule has 194 valence electrons. The molecule has 2 aliphatic rings. The zero-order valence-corrected chi connectivity index (χ0v) is 20.5. The van der Waals surface area contributed by atoms with Gasteiger partial charge in [0.2, 0.25) is 11.8 Å². The summed E-state index contributed by atoms with van der Waals surface area (Å²) in [6.07, 6.45) is -2.17. The number of carbonyl (C=O) groups excluding carboxylic acids is 2. The van der Waals surface area contributed by atoms with Crippen molar-refractivity contribution in [3.05, 3.63) is 47.5 Å². The first-order valence-electron chi connectivity index (χ1n) is 11.6. The number of hydrogen-bond donors (Lipinski definition) is 4. The van der Waals surface area contributed by atoms with Gasteiger partial charge in [0, 0.05) is 11.6 Å². The first-order valence-corrected chi connectivity index (χ1v) is 12.5. The molecule has 5 heterocycles. The Morgan fingerprint density at radius 1 is 1.27 bits per heavy atom. The second-order valence-corrected chi connectivity index (χ2v) is 9.69. The smallest absolute Gasteiger partial charge is 0.270 e. The van der Waals surface area contributed by atoms with Crippen LogP contribution in [-0.4, -0.2) is 74.7 Å². The molecule has 0 saturated carbocycles. The fourth-order valence-electron chi connectivity index (χ4n) is 4.32. The van der Waals surface area contributed by atoms with E-state index < -0.39 is 30.0 Å². The largest absolute Gasteiger partial charge is 0.481 e. The molecule has 4 N–H and O–H groups in total. The molecule has 0 spiro atoms. The van der Waals surface area contributed by atoms with Gasteiger partial charge in [-0.15, -0.1) is 11.8 Å². The number of amides is 2. The summed E-state index contributed by atoms with van der Waals surface area (Å²) in [7, 11) is 1.41. The number of methoxy groups -OCH3 is 1. The van der Waals surface area contributed by atoms with Gasteiger partial charge in [0.1, 0.15) is 35.1 Å². The number of nitrogens with one attached hydrogen (secondary N) is 2. The predicted octanol–water partition coefficient (Wildman–Crippen LogP) is 1.59. The van der Waals surface area contributed by atoms with E-state index in [1.807, 2.05) is 0 Å². The second-order valence-electron chi connectivity index (χ2n) is 8.68. The van der Waals surface area contributed by atoms with Gasteiger partial charge in [0.25, 0.3) is 5.91 Å². The molecule has 4 atom stereocenters. The Kier molecular flexibility index (Phi) is 7.20. The van der Waals surface area contributed by atoms with Gasteiger partial charge < -0.3 is 30.3 Å². The van der Waals surface area contributed by atoms with Crippen molar-refractivity contribution >= 4 is 40.4 Å². The number of fused-ring (bicyclic) bond motifs is 2. The normalized spacial score (nSPS) is 21.0. The van der Waals surface area contributed by atoms with E-state index in [1.54, 1.807) is 24.3 Å². The van der Waals surface area contributed by atoms with E-state index in [0.29, 0.717) is 29.9 Å². The summed E-state index contributed by atoms with van der Waals surface area (Å²) in [5.41, 5.74) is 0.380. The topological polar surface area (TPSA) is 156 Å². The van der Waals surface area contributed by atoms with Crippen LogP contribution in [0.1, 0.15) is 35.0 Å². The van der Waals surface area contributed by atoms with Crippen LogP contribution in [0.4, 0.5) is 10.2 Å². The van der Waals surface area contributed by atoms with E-state index in [-0.39, 0.29) is 41.2 Å². The molecule has 13 heteroatoms. The van der Waals surface area contributed by atoms with Gasteiger partial charge >= 0.3 is 0 Å². The third kappa shape index (κ3) is 5.21. The number of nitrogens with zero attached hydrogens (tertiary/aromatic N) is 3. The second kappa shape index (κ2) is 10.5. The van der Waals surface area contributed by atoms with E-state index in [0.717, 1.165) is 11.1 Å². The van der Waals surface area contributed by atoms with Crippen LogP contribution in [0.2, 0.25) is 0 Å². The van der Waals surface area contributed by atoms with E-state index in [4.69, 9.17) is 9.47 Å². The van der Waals surface area contributed by atoms with Crippen LogP contribution in [0.3, 0.4) is 0 Å². The number of carbonyl (C=O) groups is 2. The van der Waals surface area contributed by atoms with Crippen molar-refractivity contribution in [2.45, 2.75) is 42.1 Å². The molecule has 37 heavy (non-hydrogen) atoms. The fraction of sp³-hybridized carbons (Fsp3) is 0.375. The van der Waals surface area contributed by atoms with E-state index in [2.05, 4.69) is 25.6 Å². The standard InChI is InChI=1S/C24H24FN5O6S/c1-35-18-7-4-13-20(30-18)19(12(25)8-26-13)22(33)21(32)15-5-2-11(9-36-15)27-24(34)14-3-6-16-23(28-14)29-17(31)10-37-16/h3-4,6-8,11,15,21-22,32-33H,2,5,9-10H2,1H3,(H,27,34)(H,28,29,31)/t11-,15+,21-,22-/m1/s1. The molecule has 0 aliphatic carbocycles. The molecule has 5 rings (SSSR count). The molecule has 1 saturated heterocycles. The summed E-state index contributed by atoms with van der Waals surface area (Å²) in [4.78, 5) is 37.5. The zero-order valence-electron chi connectivity index (χ0n) is 19.7.